The highest BCUT2D eigenvalue weighted by Crippen LogP contribution is 2.35. The second kappa shape index (κ2) is 21.8. The van der Waals surface area contributed by atoms with Crippen LogP contribution in [0.5, 0.6) is 0 Å². The fraction of sp³-hybridized carbons (Fsp3) is 1.00. The van der Waals surface area contributed by atoms with E-state index in [1.807, 2.05) is 0 Å². The predicted octanol–water partition coefficient (Wildman–Crippen LogP) is 6.89. The summed E-state index contributed by atoms with van der Waals surface area (Å²) < 4.78 is 14.9. The molecule has 0 amide bonds. The first-order chi connectivity index (χ1) is 13.6. The molecular formula is C22H47O5P. The van der Waals surface area contributed by atoms with Crippen molar-refractivity contribution in [2.75, 3.05) is 13.2 Å². The molecule has 0 spiro atoms. The van der Waals surface area contributed by atoms with Gasteiger partial charge in [-0.25, -0.2) is 4.57 Å². The molecule has 0 aliphatic rings. The van der Waals surface area contributed by atoms with Gasteiger partial charge in [0.15, 0.2) is 0 Å². The Kier molecular flexibility index (Phi) is 21.8. The highest BCUT2D eigenvalue weighted by atomic mass is 31.2. The summed E-state index contributed by atoms with van der Waals surface area (Å²) in [6, 6.07) is 0. The minimum atomic E-state index is -4.27. The molecule has 0 aromatic carbocycles. The van der Waals surface area contributed by atoms with Crippen LogP contribution in [0.15, 0.2) is 0 Å². The summed E-state index contributed by atoms with van der Waals surface area (Å²) in [5.41, 5.74) is 0. The van der Waals surface area contributed by atoms with Crippen molar-refractivity contribution >= 4 is 7.82 Å². The minimum Gasteiger partial charge on any atom is -0.396 e. The van der Waals surface area contributed by atoms with Gasteiger partial charge in [0.2, 0.25) is 0 Å². The lowest BCUT2D eigenvalue weighted by Crippen LogP contribution is -1.92. The molecule has 6 heteroatoms. The number of phosphoric acid groups is 1. The van der Waals surface area contributed by atoms with E-state index in [-0.39, 0.29) is 6.61 Å². The van der Waals surface area contributed by atoms with Gasteiger partial charge in [-0.2, -0.15) is 0 Å². The summed E-state index contributed by atoms with van der Waals surface area (Å²) in [7, 11) is -4.27. The van der Waals surface area contributed by atoms with Gasteiger partial charge in [-0.3, -0.25) is 4.52 Å². The largest absolute Gasteiger partial charge is 0.469 e. The van der Waals surface area contributed by atoms with Gasteiger partial charge < -0.3 is 14.9 Å². The van der Waals surface area contributed by atoms with E-state index in [1.54, 1.807) is 0 Å². The first-order valence-corrected chi connectivity index (χ1v) is 13.4. The normalized spacial score (nSPS) is 12.0. The van der Waals surface area contributed by atoms with Gasteiger partial charge >= 0.3 is 7.82 Å². The summed E-state index contributed by atoms with van der Waals surface area (Å²) in [4.78, 5) is 17.1. The lowest BCUT2D eigenvalue weighted by atomic mass is 10.0. The molecule has 170 valence electrons. The molecule has 0 atom stereocenters. The fourth-order valence-electron chi connectivity index (χ4n) is 3.58. The molecule has 28 heavy (non-hydrogen) atoms. The molecule has 3 N–H and O–H groups in total. The van der Waals surface area contributed by atoms with E-state index >= 15 is 0 Å². The highest BCUT2D eigenvalue weighted by molar-refractivity contribution is 7.46. The molecule has 0 aliphatic heterocycles. The summed E-state index contributed by atoms with van der Waals surface area (Å²) in [5.74, 6) is 0. The SMILES string of the molecule is O=P(O)(O)OCCCCCCCCCCCCCCCCCCCCCCO. The summed E-state index contributed by atoms with van der Waals surface area (Å²) in [5, 5.41) is 8.72. The van der Waals surface area contributed by atoms with Gasteiger partial charge in [0.1, 0.15) is 0 Å². The van der Waals surface area contributed by atoms with E-state index in [4.69, 9.17) is 14.9 Å². The lowest BCUT2D eigenvalue weighted by molar-refractivity contribution is 0.193. The van der Waals surface area contributed by atoms with Crippen molar-refractivity contribution in [1.29, 1.82) is 0 Å². The van der Waals surface area contributed by atoms with Crippen LogP contribution in [0.3, 0.4) is 0 Å². The molecule has 0 fully saturated rings. The van der Waals surface area contributed by atoms with Crippen molar-refractivity contribution in [1.82, 2.24) is 0 Å². The van der Waals surface area contributed by atoms with Crippen LogP contribution in [-0.2, 0) is 9.09 Å². The average molecular weight is 423 g/mol. The van der Waals surface area contributed by atoms with Crippen molar-refractivity contribution < 1.29 is 24.0 Å². The van der Waals surface area contributed by atoms with Gasteiger partial charge in [-0.15, -0.1) is 0 Å². The molecule has 0 bridgehead atoms. The number of hydrogen-bond acceptors (Lipinski definition) is 3. The predicted molar refractivity (Wildman–Crippen MR) is 117 cm³/mol. The second-order valence-corrected chi connectivity index (χ2v) is 9.36. The molecule has 0 aromatic heterocycles. The van der Waals surface area contributed by atoms with Crippen LogP contribution in [0.1, 0.15) is 128 Å². The lowest BCUT2D eigenvalue weighted by Gasteiger charge is -2.05. The zero-order chi connectivity index (χ0) is 20.8. The molecule has 0 rings (SSSR count). The smallest absolute Gasteiger partial charge is 0.396 e. The maximum absolute atomic E-state index is 10.5. The number of rotatable bonds is 23. The molecule has 5 nitrogen and oxygen atoms in total. The minimum absolute atomic E-state index is 0.162. The van der Waals surface area contributed by atoms with E-state index in [0.29, 0.717) is 6.61 Å². The van der Waals surface area contributed by atoms with Gasteiger partial charge in [-0.05, 0) is 12.8 Å². The number of phosphoric ester groups is 1. The molecule has 0 saturated heterocycles. The molecule has 0 radical (unpaired) electrons. The van der Waals surface area contributed by atoms with Crippen molar-refractivity contribution in [3.05, 3.63) is 0 Å². The van der Waals surface area contributed by atoms with Crippen LogP contribution < -0.4 is 0 Å². The standard InChI is InChI=1S/C22H47O5P/c23-21-19-17-15-13-11-9-7-5-3-1-2-4-6-8-10-12-14-16-18-20-22-27-28(24,25)26/h23H,1-22H2,(H2,24,25,26). The molecule has 0 aromatic rings. The molecular weight excluding hydrogens is 375 g/mol. The monoisotopic (exact) mass is 422 g/mol. The average Bonchev–Trinajstić information content (AvgIpc) is 2.65. The van der Waals surface area contributed by atoms with Crippen LogP contribution in [0.25, 0.3) is 0 Å². The Morgan fingerprint density at radius 3 is 0.964 bits per heavy atom. The summed E-state index contributed by atoms with van der Waals surface area (Å²) in [6.45, 7) is 0.512. The van der Waals surface area contributed by atoms with E-state index in [9.17, 15) is 4.57 Å². The first-order valence-electron chi connectivity index (χ1n) is 11.9. The van der Waals surface area contributed by atoms with Gasteiger partial charge in [0.05, 0.1) is 6.61 Å². The highest BCUT2D eigenvalue weighted by Gasteiger charge is 2.12. The maximum Gasteiger partial charge on any atom is 0.469 e. The van der Waals surface area contributed by atoms with Gasteiger partial charge in [-0.1, -0.05) is 116 Å². The Labute approximate surface area is 173 Å². The molecule has 0 unspecified atom stereocenters. The Hall–Kier alpha value is 0.0700. The van der Waals surface area contributed by atoms with Crippen LogP contribution in [0, 0.1) is 0 Å². The van der Waals surface area contributed by atoms with Crippen molar-refractivity contribution in [3.63, 3.8) is 0 Å². The topological polar surface area (TPSA) is 87.0 Å². The van der Waals surface area contributed by atoms with Crippen molar-refractivity contribution in [3.8, 4) is 0 Å². The fourth-order valence-corrected chi connectivity index (χ4v) is 3.95. The first kappa shape index (κ1) is 28.1. The van der Waals surface area contributed by atoms with E-state index in [2.05, 4.69) is 4.52 Å². The Bertz CT molecular complexity index is 346. The number of aliphatic hydroxyl groups is 1. The zero-order valence-corrected chi connectivity index (χ0v) is 19.1. The van der Waals surface area contributed by atoms with Crippen LogP contribution in [0.2, 0.25) is 0 Å². The Morgan fingerprint density at radius 1 is 0.464 bits per heavy atom. The van der Waals surface area contributed by atoms with Crippen molar-refractivity contribution in [2.24, 2.45) is 0 Å². The molecule has 0 heterocycles. The maximum atomic E-state index is 10.5. The third-order valence-electron chi connectivity index (χ3n) is 5.31. The van der Waals surface area contributed by atoms with Crippen LogP contribution in [0.4, 0.5) is 0 Å². The van der Waals surface area contributed by atoms with Crippen LogP contribution >= 0.6 is 7.82 Å². The third-order valence-corrected chi connectivity index (χ3v) is 5.83. The van der Waals surface area contributed by atoms with E-state index in [0.717, 1.165) is 25.7 Å². The van der Waals surface area contributed by atoms with Gasteiger partial charge in [0.25, 0.3) is 0 Å². The quantitative estimate of drug-likeness (QED) is 0.123. The summed E-state index contributed by atoms with van der Waals surface area (Å²) in [6.07, 6.45) is 25.3. The van der Waals surface area contributed by atoms with Crippen LogP contribution in [-0.4, -0.2) is 28.1 Å². The number of unbranched alkanes of at least 4 members (excludes halogenated alkanes) is 19. The number of hydrogen-bond donors (Lipinski definition) is 3. The number of aliphatic hydroxyl groups excluding tert-OH is 1. The summed E-state index contributed by atoms with van der Waals surface area (Å²) >= 11 is 0. The zero-order valence-electron chi connectivity index (χ0n) is 18.2. The van der Waals surface area contributed by atoms with Gasteiger partial charge in [0, 0.05) is 6.61 Å². The second-order valence-electron chi connectivity index (χ2n) is 8.12. The molecule has 0 aliphatic carbocycles. The Balaban J connectivity index is 3.02. The Morgan fingerprint density at radius 2 is 0.714 bits per heavy atom. The van der Waals surface area contributed by atoms with E-state index < -0.39 is 7.82 Å². The molecule has 0 saturated carbocycles. The van der Waals surface area contributed by atoms with E-state index in [1.165, 1.54) is 103 Å². The van der Waals surface area contributed by atoms with Crippen molar-refractivity contribution in [2.45, 2.75) is 128 Å². The third kappa shape index (κ3) is 26.1.